The topological polar surface area (TPSA) is 121 Å². The van der Waals surface area contributed by atoms with Crippen LogP contribution >= 0.6 is 0 Å². The van der Waals surface area contributed by atoms with Gasteiger partial charge in [-0.05, 0) is 49.8 Å². The number of para-hydroxylation sites is 1. The Bertz CT molecular complexity index is 1640. The standard InChI is InChI=1S/C36H44N6O5/c1-4-20-39(24-26-14-8-7-9-15-26)32(44)29-30-33(45)41(22-12-13-23-43)31(36(30)19-18-35(29,6-3)47-36)34(46)40(21-5-2)25-42-28-17-11-10-16-27(28)37-38-42/h4-5,7-11,14-17,29-31,43H,1-2,6,12-13,18-25H2,3H3/t29-,30+,31?,35+,36?/m1/s1. The highest BCUT2D eigenvalue weighted by Gasteiger charge is 2.79. The molecule has 3 aromatic rings. The number of hydrogen-bond donors (Lipinski definition) is 1. The number of fused-ring (bicyclic) bond motifs is 2. The van der Waals surface area contributed by atoms with Crippen molar-refractivity contribution in [2.24, 2.45) is 11.8 Å². The summed E-state index contributed by atoms with van der Waals surface area (Å²) in [5.41, 5.74) is 0.433. The third-order valence-electron chi connectivity index (χ3n) is 10.3. The molecule has 2 bridgehead atoms. The number of unbranched alkanes of at least 4 members (excludes halogenated alkanes) is 1. The quantitative estimate of drug-likeness (QED) is 0.199. The number of rotatable bonds is 15. The minimum absolute atomic E-state index is 0.0241. The number of amides is 3. The van der Waals surface area contributed by atoms with E-state index < -0.39 is 29.1 Å². The van der Waals surface area contributed by atoms with E-state index >= 15 is 0 Å². The van der Waals surface area contributed by atoms with Crippen LogP contribution in [0.2, 0.25) is 0 Å². The molecule has 248 valence electrons. The molecule has 3 fully saturated rings. The molecule has 11 heteroatoms. The maximum absolute atomic E-state index is 14.8. The van der Waals surface area contributed by atoms with Crippen molar-refractivity contribution in [3.05, 3.63) is 85.5 Å². The van der Waals surface area contributed by atoms with Crippen LogP contribution in [0.4, 0.5) is 0 Å². The van der Waals surface area contributed by atoms with Crippen LogP contribution in [-0.4, -0.2) is 96.0 Å². The molecule has 0 radical (unpaired) electrons. The lowest BCUT2D eigenvalue weighted by molar-refractivity contribution is -0.156. The monoisotopic (exact) mass is 640 g/mol. The van der Waals surface area contributed by atoms with E-state index in [1.807, 2.05) is 61.5 Å². The zero-order chi connectivity index (χ0) is 33.2. The second-order valence-corrected chi connectivity index (χ2v) is 12.9. The van der Waals surface area contributed by atoms with Gasteiger partial charge in [0.25, 0.3) is 0 Å². The zero-order valence-electron chi connectivity index (χ0n) is 27.0. The van der Waals surface area contributed by atoms with Crippen LogP contribution in [0.25, 0.3) is 11.0 Å². The first-order chi connectivity index (χ1) is 22.8. The molecule has 3 aliphatic rings. The number of benzene rings is 2. The molecule has 1 aromatic heterocycles. The molecule has 0 aliphatic carbocycles. The molecule has 2 aromatic carbocycles. The Morgan fingerprint density at radius 3 is 2.47 bits per heavy atom. The van der Waals surface area contributed by atoms with Crippen molar-refractivity contribution in [2.75, 3.05) is 26.2 Å². The maximum atomic E-state index is 14.8. The molecule has 4 heterocycles. The van der Waals surface area contributed by atoms with Crippen molar-refractivity contribution < 1.29 is 24.2 Å². The van der Waals surface area contributed by atoms with Gasteiger partial charge in [0.1, 0.15) is 23.8 Å². The summed E-state index contributed by atoms with van der Waals surface area (Å²) in [6, 6.07) is 16.3. The SMILES string of the molecule is C=CCN(Cn1nnc2ccccc21)C(=O)C1N(CCCCO)C(=O)[C@@H]2[C@H](C(=O)N(CC=C)Cc3ccccc3)[C@]3(CC)CCC12O3. The van der Waals surface area contributed by atoms with Crippen molar-refractivity contribution in [3.8, 4) is 0 Å². The predicted octanol–water partition coefficient (Wildman–Crippen LogP) is 3.55. The van der Waals surface area contributed by atoms with E-state index in [2.05, 4.69) is 23.5 Å². The van der Waals surface area contributed by atoms with E-state index in [0.717, 1.165) is 11.1 Å². The second kappa shape index (κ2) is 13.4. The molecule has 11 nitrogen and oxygen atoms in total. The van der Waals surface area contributed by atoms with Crippen molar-refractivity contribution in [3.63, 3.8) is 0 Å². The van der Waals surface area contributed by atoms with Crippen LogP contribution in [0.1, 0.15) is 44.6 Å². The minimum Gasteiger partial charge on any atom is -0.396 e. The lowest BCUT2D eigenvalue weighted by atomic mass is 9.64. The lowest BCUT2D eigenvalue weighted by Crippen LogP contribution is -2.56. The molecule has 1 N–H and O–H groups in total. The summed E-state index contributed by atoms with van der Waals surface area (Å²) in [5.74, 6) is -2.24. The average Bonchev–Trinajstić information content (AvgIpc) is 3.82. The number of carbonyl (C=O) groups excluding carboxylic acids is 3. The van der Waals surface area contributed by atoms with Gasteiger partial charge < -0.3 is 24.5 Å². The Labute approximate surface area is 275 Å². The Kier molecular flexibility index (Phi) is 9.29. The van der Waals surface area contributed by atoms with Gasteiger partial charge >= 0.3 is 0 Å². The Morgan fingerprint density at radius 1 is 1.02 bits per heavy atom. The van der Waals surface area contributed by atoms with Crippen LogP contribution in [0.5, 0.6) is 0 Å². The molecule has 2 unspecified atom stereocenters. The first-order valence-electron chi connectivity index (χ1n) is 16.6. The number of aliphatic hydroxyl groups excluding tert-OH is 1. The number of ether oxygens (including phenoxy) is 1. The molecule has 47 heavy (non-hydrogen) atoms. The summed E-state index contributed by atoms with van der Waals surface area (Å²) < 4.78 is 8.68. The molecular formula is C36H44N6O5. The largest absolute Gasteiger partial charge is 0.396 e. The van der Waals surface area contributed by atoms with E-state index in [-0.39, 0.29) is 44.1 Å². The maximum Gasteiger partial charge on any atom is 0.250 e. The molecule has 3 amide bonds. The Balaban J connectivity index is 1.38. The highest BCUT2D eigenvalue weighted by Crippen LogP contribution is 2.64. The summed E-state index contributed by atoms with van der Waals surface area (Å²) in [6.45, 7) is 11.1. The van der Waals surface area contributed by atoms with Crippen LogP contribution in [0.15, 0.2) is 79.9 Å². The minimum atomic E-state index is -1.17. The van der Waals surface area contributed by atoms with Gasteiger partial charge in [-0.2, -0.15) is 0 Å². The van der Waals surface area contributed by atoms with Gasteiger partial charge in [0.2, 0.25) is 17.7 Å². The van der Waals surface area contributed by atoms with Crippen molar-refractivity contribution in [1.82, 2.24) is 29.7 Å². The van der Waals surface area contributed by atoms with Gasteiger partial charge in [-0.25, -0.2) is 4.68 Å². The number of carbonyl (C=O) groups is 3. The number of hydrogen-bond acceptors (Lipinski definition) is 7. The molecule has 6 rings (SSSR count). The van der Waals surface area contributed by atoms with Crippen molar-refractivity contribution >= 4 is 28.8 Å². The van der Waals surface area contributed by atoms with Crippen molar-refractivity contribution in [1.29, 1.82) is 0 Å². The highest BCUT2D eigenvalue weighted by atomic mass is 16.5. The molecule has 0 saturated carbocycles. The summed E-state index contributed by atoms with van der Waals surface area (Å²) in [6.07, 6.45) is 5.95. The Morgan fingerprint density at radius 2 is 1.74 bits per heavy atom. The number of aromatic nitrogens is 3. The summed E-state index contributed by atoms with van der Waals surface area (Å²) in [4.78, 5) is 49.1. The fraction of sp³-hybridized carbons (Fsp3) is 0.472. The fourth-order valence-electron chi connectivity index (χ4n) is 8.13. The number of likely N-dealkylation sites (tertiary alicyclic amines) is 1. The summed E-state index contributed by atoms with van der Waals surface area (Å²) >= 11 is 0. The summed E-state index contributed by atoms with van der Waals surface area (Å²) in [7, 11) is 0. The smallest absolute Gasteiger partial charge is 0.250 e. The molecule has 3 aliphatic heterocycles. The van der Waals surface area contributed by atoms with Gasteiger partial charge in [0.05, 0.1) is 23.0 Å². The van der Waals surface area contributed by atoms with Crippen LogP contribution in [-0.2, 0) is 32.3 Å². The van der Waals surface area contributed by atoms with E-state index in [9.17, 15) is 19.5 Å². The van der Waals surface area contributed by atoms with E-state index in [0.29, 0.717) is 50.7 Å². The molecule has 1 spiro atoms. The normalized spacial score (nSPS) is 26.0. The van der Waals surface area contributed by atoms with E-state index in [1.54, 1.807) is 31.5 Å². The molecular weight excluding hydrogens is 596 g/mol. The average molecular weight is 641 g/mol. The van der Waals surface area contributed by atoms with E-state index in [1.165, 1.54) is 0 Å². The van der Waals surface area contributed by atoms with Crippen molar-refractivity contribution in [2.45, 2.75) is 69.5 Å². The first kappa shape index (κ1) is 32.6. The third-order valence-corrected chi connectivity index (χ3v) is 10.3. The first-order valence-corrected chi connectivity index (χ1v) is 16.6. The van der Waals surface area contributed by atoms with Crippen LogP contribution in [0.3, 0.4) is 0 Å². The highest BCUT2D eigenvalue weighted by molar-refractivity contribution is 5.99. The summed E-state index contributed by atoms with van der Waals surface area (Å²) in [5, 5.41) is 18.1. The molecule has 3 saturated heterocycles. The zero-order valence-corrected chi connectivity index (χ0v) is 27.0. The second-order valence-electron chi connectivity index (χ2n) is 12.9. The number of nitrogens with zero attached hydrogens (tertiary/aromatic N) is 6. The number of aliphatic hydroxyl groups is 1. The van der Waals surface area contributed by atoms with E-state index in [4.69, 9.17) is 4.74 Å². The van der Waals surface area contributed by atoms with Crippen LogP contribution in [0, 0.1) is 11.8 Å². The third kappa shape index (κ3) is 5.55. The lowest BCUT2D eigenvalue weighted by Gasteiger charge is -2.37. The molecule has 5 atom stereocenters. The fourth-order valence-corrected chi connectivity index (χ4v) is 8.13. The van der Waals surface area contributed by atoms with Gasteiger partial charge in [-0.15, -0.1) is 18.3 Å². The van der Waals surface area contributed by atoms with Gasteiger partial charge in [0, 0.05) is 32.8 Å². The van der Waals surface area contributed by atoms with Crippen LogP contribution < -0.4 is 0 Å². The predicted molar refractivity (Wildman–Crippen MR) is 176 cm³/mol. The van der Waals surface area contributed by atoms with Gasteiger partial charge in [-0.1, -0.05) is 66.8 Å². The van der Waals surface area contributed by atoms with Gasteiger partial charge in [-0.3, -0.25) is 14.4 Å². The Hall–Kier alpha value is -4.35. The van der Waals surface area contributed by atoms with Gasteiger partial charge in [0.15, 0.2) is 0 Å².